The predicted octanol–water partition coefficient (Wildman–Crippen LogP) is 2.08. The van der Waals surface area contributed by atoms with Gasteiger partial charge >= 0.3 is 5.97 Å². The average Bonchev–Trinajstić information content (AvgIpc) is 2.39. The number of piperidine rings is 1. The Bertz CT molecular complexity index is 522. The van der Waals surface area contributed by atoms with E-state index in [9.17, 15) is 14.0 Å². The van der Waals surface area contributed by atoms with Gasteiger partial charge in [-0.15, -0.1) is 0 Å². The van der Waals surface area contributed by atoms with Crippen LogP contribution in [-0.4, -0.2) is 35.0 Å². The van der Waals surface area contributed by atoms with Crippen LogP contribution in [0.1, 0.15) is 25.3 Å². The molecule has 2 rings (SSSR count). The van der Waals surface area contributed by atoms with Crippen molar-refractivity contribution in [2.24, 2.45) is 5.41 Å². The Labute approximate surface area is 117 Å². The fourth-order valence-corrected chi connectivity index (χ4v) is 2.40. The van der Waals surface area contributed by atoms with Crippen LogP contribution in [0.3, 0.4) is 0 Å². The summed E-state index contributed by atoms with van der Waals surface area (Å²) in [5.74, 6) is -1.25. The molecule has 0 radical (unpaired) electrons. The van der Waals surface area contributed by atoms with Crippen LogP contribution in [0, 0.1) is 11.2 Å². The van der Waals surface area contributed by atoms with Crippen LogP contribution in [0.2, 0.25) is 0 Å². The van der Waals surface area contributed by atoms with Gasteiger partial charge in [-0.3, -0.25) is 9.59 Å². The number of hydrogen-bond acceptors (Lipinski definition) is 2. The quantitative estimate of drug-likeness (QED) is 0.921. The molecule has 4 nitrogen and oxygen atoms in total. The van der Waals surface area contributed by atoms with Crippen molar-refractivity contribution in [3.8, 4) is 0 Å². The highest BCUT2D eigenvalue weighted by Crippen LogP contribution is 2.31. The molecule has 0 unspecified atom stereocenters. The van der Waals surface area contributed by atoms with Gasteiger partial charge in [0.1, 0.15) is 5.82 Å². The second-order valence-corrected chi connectivity index (χ2v) is 5.55. The minimum atomic E-state index is -0.810. The minimum Gasteiger partial charge on any atom is -0.481 e. The molecule has 0 aliphatic carbocycles. The fraction of sp³-hybridized carbons (Fsp3) is 0.467. The van der Waals surface area contributed by atoms with Crippen LogP contribution >= 0.6 is 0 Å². The summed E-state index contributed by atoms with van der Waals surface area (Å²) in [6.07, 6.45) is 1.07. The van der Waals surface area contributed by atoms with Crippen LogP contribution in [0.25, 0.3) is 0 Å². The van der Waals surface area contributed by atoms with Gasteiger partial charge in [-0.05, 0) is 37.5 Å². The highest BCUT2D eigenvalue weighted by Gasteiger charge is 2.37. The Morgan fingerprint density at radius 2 is 2.00 bits per heavy atom. The van der Waals surface area contributed by atoms with E-state index in [0.717, 1.165) is 0 Å². The number of carboxylic acid groups (broad SMARTS) is 1. The maximum atomic E-state index is 13.1. The highest BCUT2D eigenvalue weighted by atomic mass is 19.1. The Morgan fingerprint density at radius 3 is 2.55 bits per heavy atom. The number of nitrogens with zero attached hydrogens (tertiary/aromatic N) is 1. The van der Waals surface area contributed by atoms with E-state index >= 15 is 0 Å². The summed E-state index contributed by atoms with van der Waals surface area (Å²) in [6.45, 7) is 2.59. The van der Waals surface area contributed by atoms with Gasteiger partial charge in [0.05, 0.1) is 11.8 Å². The first kappa shape index (κ1) is 14.5. The van der Waals surface area contributed by atoms with E-state index in [1.165, 1.54) is 12.1 Å². The summed E-state index contributed by atoms with van der Waals surface area (Å²) in [5.41, 5.74) is -0.100. The molecule has 0 spiro atoms. The monoisotopic (exact) mass is 279 g/mol. The highest BCUT2D eigenvalue weighted by molar-refractivity contribution is 5.80. The number of halogens is 1. The maximum Gasteiger partial charge on any atom is 0.309 e. The van der Waals surface area contributed by atoms with E-state index in [4.69, 9.17) is 5.11 Å². The van der Waals surface area contributed by atoms with E-state index in [-0.39, 0.29) is 18.1 Å². The molecule has 1 fully saturated rings. The van der Waals surface area contributed by atoms with Crippen molar-refractivity contribution in [1.29, 1.82) is 0 Å². The van der Waals surface area contributed by atoms with Crippen molar-refractivity contribution in [1.82, 2.24) is 4.90 Å². The van der Waals surface area contributed by atoms with Gasteiger partial charge in [0, 0.05) is 13.1 Å². The maximum absolute atomic E-state index is 13.1. The van der Waals surface area contributed by atoms with E-state index in [1.807, 2.05) is 0 Å². The lowest BCUT2D eigenvalue weighted by molar-refractivity contribution is -0.152. The van der Waals surface area contributed by atoms with Gasteiger partial charge in [0.2, 0.25) is 5.91 Å². The second kappa shape index (κ2) is 5.61. The third-order valence-corrected chi connectivity index (χ3v) is 3.98. The molecule has 1 N–H and O–H groups in total. The van der Waals surface area contributed by atoms with Crippen LogP contribution in [0.15, 0.2) is 24.3 Å². The number of rotatable bonds is 3. The number of benzene rings is 1. The molecule has 0 aromatic heterocycles. The molecule has 1 aliphatic heterocycles. The Balaban J connectivity index is 1.94. The molecule has 1 amide bonds. The van der Waals surface area contributed by atoms with Gasteiger partial charge in [-0.1, -0.05) is 12.1 Å². The minimum absolute atomic E-state index is 0.0805. The Kier molecular flexibility index (Phi) is 4.06. The molecule has 1 heterocycles. The van der Waals surface area contributed by atoms with Gasteiger partial charge in [-0.25, -0.2) is 4.39 Å². The van der Waals surface area contributed by atoms with Gasteiger partial charge < -0.3 is 10.0 Å². The molecule has 5 heteroatoms. The lowest BCUT2D eigenvalue weighted by Crippen LogP contribution is -2.45. The summed E-state index contributed by atoms with van der Waals surface area (Å²) < 4.78 is 13.1. The fourth-order valence-electron chi connectivity index (χ4n) is 2.40. The number of aliphatic carboxylic acids is 1. The molecule has 0 saturated carbocycles. The zero-order valence-corrected chi connectivity index (χ0v) is 11.4. The van der Waals surface area contributed by atoms with Crippen molar-refractivity contribution in [2.45, 2.75) is 26.2 Å². The molecule has 1 saturated heterocycles. The average molecular weight is 279 g/mol. The van der Waals surface area contributed by atoms with Gasteiger partial charge in [-0.2, -0.15) is 0 Å². The third kappa shape index (κ3) is 3.15. The standard InChI is InChI=1S/C15H18FNO3/c1-15(14(19)20)5-7-17(8-6-15)13(18)10-11-3-2-4-12(16)9-11/h2-4,9H,5-8,10H2,1H3,(H,19,20). The van der Waals surface area contributed by atoms with E-state index in [1.54, 1.807) is 24.0 Å². The molecular weight excluding hydrogens is 261 g/mol. The molecule has 20 heavy (non-hydrogen) atoms. The van der Waals surface area contributed by atoms with Crippen LogP contribution in [-0.2, 0) is 16.0 Å². The first-order valence-electron chi connectivity index (χ1n) is 6.66. The lowest BCUT2D eigenvalue weighted by atomic mass is 9.80. The van der Waals surface area contributed by atoms with Gasteiger partial charge in [0.15, 0.2) is 0 Å². The topological polar surface area (TPSA) is 57.6 Å². The third-order valence-electron chi connectivity index (χ3n) is 3.98. The summed E-state index contributed by atoms with van der Waals surface area (Å²) in [4.78, 5) is 24.9. The van der Waals surface area contributed by atoms with E-state index < -0.39 is 11.4 Å². The number of carbonyl (C=O) groups excluding carboxylic acids is 1. The summed E-state index contributed by atoms with van der Waals surface area (Å²) >= 11 is 0. The summed E-state index contributed by atoms with van der Waals surface area (Å²) in [7, 11) is 0. The largest absolute Gasteiger partial charge is 0.481 e. The number of likely N-dealkylation sites (tertiary alicyclic amines) is 1. The van der Waals surface area contributed by atoms with Crippen molar-refractivity contribution in [3.05, 3.63) is 35.6 Å². The smallest absolute Gasteiger partial charge is 0.309 e. The number of amides is 1. The van der Waals surface area contributed by atoms with Crippen molar-refractivity contribution < 1.29 is 19.1 Å². The molecule has 0 bridgehead atoms. The number of hydrogen-bond donors (Lipinski definition) is 1. The lowest BCUT2D eigenvalue weighted by Gasteiger charge is -2.36. The number of carbonyl (C=O) groups is 2. The van der Waals surface area contributed by atoms with Gasteiger partial charge in [0.25, 0.3) is 0 Å². The van der Waals surface area contributed by atoms with E-state index in [2.05, 4.69) is 0 Å². The van der Waals surface area contributed by atoms with Crippen molar-refractivity contribution >= 4 is 11.9 Å². The SMILES string of the molecule is CC1(C(=O)O)CCN(C(=O)Cc2cccc(F)c2)CC1. The summed E-state index contributed by atoms with van der Waals surface area (Å²) in [5, 5.41) is 9.14. The first-order valence-corrected chi connectivity index (χ1v) is 6.66. The summed E-state index contributed by atoms with van der Waals surface area (Å²) in [6, 6.07) is 5.98. The second-order valence-electron chi connectivity index (χ2n) is 5.55. The Morgan fingerprint density at radius 1 is 1.35 bits per heavy atom. The Hall–Kier alpha value is -1.91. The van der Waals surface area contributed by atoms with Crippen LogP contribution in [0.4, 0.5) is 4.39 Å². The van der Waals surface area contributed by atoms with Crippen LogP contribution < -0.4 is 0 Å². The van der Waals surface area contributed by atoms with E-state index in [0.29, 0.717) is 31.5 Å². The zero-order chi connectivity index (χ0) is 14.8. The molecule has 1 aliphatic rings. The zero-order valence-electron chi connectivity index (χ0n) is 11.4. The molecular formula is C15H18FNO3. The van der Waals surface area contributed by atoms with Crippen molar-refractivity contribution in [3.63, 3.8) is 0 Å². The molecule has 1 aromatic rings. The molecule has 108 valence electrons. The van der Waals surface area contributed by atoms with Crippen LogP contribution in [0.5, 0.6) is 0 Å². The number of carboxylic acids is 1. The predicted molar refractivity (Wildman–Crippen MR) is 71.7 cm³/mol. The first-order chi connectivity index (χ1) is 9.40. The van der Waals surface area contributed by atoms with Crippen molar-refractivity contribution in [2.75, 3.05) is 13.1 Å². The molecule has 1 aromatic carbocycles. The normalized spacial score (nSPS) is 17.8. The molecule has 0 atom stereocenters.